The van der Waals surface area contributed by atoms with E-state index in [4.69, 9.17) is 14.2 Å². The van der Waals surface area contributed by atoms with Crippen LogP contribution in [0.3, 0.4) is 0 Å². The number of rotatable bonds is 40. The van der Waals surface area contributed by atoms with E-state index >= 15 is 0 Å². The zero-order chi connectivity index (χ0) is 40.6. The maximum absolute atomic E-state index is 12.7. The molecule has 0 aliphatic carbocycles. The summed E-state index contributed by atoms with van der Waals surface area (Å²) in [6.45, 7) is 4.15. The molecule has 0 aromatic heterocycles. The van der Waals surface area contributed by atoms with Crippen LogP contribution in [0, 0.1) is 0 Å². The molecule has 2 atom stereocenters. The second-order valence-electron chi connectivity index (χ2n) is 16.2. The van der Waals surface area contributed by atoms with Gasteiger partial charge in [0.1, 0.15) is 19.3 Å². The first-order valence-electron chi connectivity index (χ1n) is 23.6. The van der Waals surface area contributed by atoms with Crippen molar-refractivity contribution in [3.05, 3.63) is 24.3 Å². The normalized spacial score (nSPS) is 14.8. The van der Waals surface area contributed by atoms with Crippen LogP contribution in [0.15, 0.2) is 24.3 Å². The van der Waals surface area contributed by atoms with Crippen LogP contribution in [-0.2, 0) is 33.4 Å². The summed E-state index contributed by atoms with van der Waals surface area (Å²) in [7, 11) is 0. The fraction of sp³-hybridized carbons (Fsp3) is 0.833. The van der Waals surface area contributed by atoms with Gasteiger partial charge in [0.2, 0.25) is 5.91 Å². The zero-order valence-corrected chi connectivity index (χ0v) is 36.3. The smallest absolute Gasteiger partial charge is 0.328 e. The highest BCUT2D eigenvalue weighted by atomic mass is 16.6. The molecule has 1 aliphatic rings. The van der Waals surface area contributed by atoms with Gasteiger partial charge >= 0.3 is 17.9 Å². The molecule has 0 bridgehead atoms. The predicted molar refractivity (Wildman–Crippen MR) is 230 cm³/mol. The number of nitrogens with one attached hydrogen (secondary N) is 1. The molecule has 0 saturated carbocycles. The van der Waals surface area contributed by atoms with Gasteiger partial charge in [-0.05, 0) is 70.6 Å². The minimum Gasteiger partial charge on any atom is -0.462 e. The van der Waals surface area contributed by atoms with Crippen LogP contribution in [0.25, 0.3) is 0 Å². The second-order valence-corrected chi connectivity index (χ2v) is 16.2. The summed E-state index contributed by atoms with van der Waals surface area (Å²) in [5, 5.41) is 2.59. The molecule has 0 aromatic rings. The van der Waals surface area contributed by atoms with Gasteiger partial charge in [-0.2, -0.15) is 0 Å². The summed E-state index contributed by atoms with van der Waals surface area (Å²) in [5.74, 6) is -1.48. The lowest BCUT2D eigenvalue weighted by Crippen LogP contribution is -2.37. The third-order valence-electron chi connectivity index (χ3n) is 10.7. The van der Waals surface area contributed by atoms with Crippen molar-refractivity contribution in [1.29, 1.82) is 0 Å². The molecule has 0 radical (unpaired) electrons. The van der Waals surface area contributed by atoms with Gasteiger partial charge in [-0.3, -0.25) is 14.4 Å². The van der Waals surface area contributed by atoms with Gasteiger partial charge < -0.3 is 19.5 Å². The largest absolute Gasteiger partial charge is 0.462 e. The predicted octanol–water partition coefficient (Wildman–Crippen LogP) is 12.9. The minimum absolute atomic E-state index is 0.160. The van der Waals surface area contributed by atoms with Gasteiger partial charge in [0, 0.05) is 19.3 Å². The highest BCUT2D eigenvalue weighted by Crippen LogP contribution is 2.15. The maximum atomic E-state index is 12.7. The van der Waals surface area contributed by atoms with Crippen molar-refractivity contribution >= 4 is 23.8 Å². The molecule has 1 N–H and O–H groups in total. The number of hydrogen-bond donors (Lipinski definition) is 1. The first-order chi connectivity index (χ1) is 27.5. The number of hydrogen-bond acceptors (Lipinski definition) is 7. The van der Waals surface area contributed by atoms with Gasteiger partial charge in [-0.1, -0.05) is 167 Å². The van der Waals surface area contributed by atoms with E-state index in [0.717, 1.165) is 70.6 Å². The van der Waals surface area contributed by atoms with Crippen molar-refractivity contribution in [2.45, 2.75) is 244 Å². The van der Waals surface area contributed by atoms with Gasteiger partial charge in [-0.25, -0.2) is 4.79 Å². The highest BCUT2D eigenvalue weighted by molar-refractivity contribution is 5.88. The van der Waals surface area contributed by atoms with Crippen LogP contribution < -0.4 is 5.32 Å². The Morgan fingerprint density at radius 1 is 0.536 bits per heavy atom. The second kappa shape index (κ2) is 39.2. The maximum Gasteiger partial charge on any atom is 0.328 e. The first kappa shape index (κ1) is 51.4. The number of unbranched alkanes of at least 4 members (excludes halogenated alkanes) is 26. The summed E-state index contributed by atoms with van der Waals surface area (Å²) < 4.78 is 16.4. The summed E-state index contributed by atoms with van der Waals surface area (Å²) in [6, 6.07) is -0.692. The Bertz CT molecular complexity index is 1020. The monoisotopic (exact) mass is 788 g/mol. The van der Waals surface area contributed by atoms with E-state index in [0.29, 0.717) is 12.8 Å². The molecule has 1 heterocycles. The molecule has 1 rings (SSSR count). The molecular formula is C48H85NO7. The van der Waals surface area contributed by atoms with Gasteiger partial charge in [0.05, 0.1) is 0 Å². The fourth-order valence-electron chi connectivity index (χ4n) is 7.07. The van der Waals surface area contributed by atoms with E-state index < -0.39 is 18.1 Å². The van der Waals surface area contributed by atoms with Gasteiger partial charge in [0.15, 0.2) is 6.10 Å². The Morgan fingerprint density at radius 2 is 0.911 bits per heavy atom. The van der Waals surface area contributed by atoms with E-state index in [9.17, 15) is 19.2 Å². The summed E-state index contributed by atoms with van der Waals surface area (Å²) in [5.41, 5.74) is 0. The van der Waals surface area contributed by atoms with Crippen molar-refractivity contribution in [1.82, 2.24) is 5.32 Å². The molecule has 8 heteroatoms. The molecule has 2 unspecified atom stereocenters. The number of allylic oxidation sites excluding steroid dienone is 4. The fourth-order valence-corrected chi connectivity index (χ4v) is 7.07. The molecule has 8 nitrogen and oxygen atoms in total. The number of carbonyl (C=O) groups excluding carboxylic acids is 4. The van der Waals surface area contributed by atoms with E-state index in [1.165, 1.54) is 122 Å². The number of carbonyl (C=O) groups is 4. The number of ether oxygens (including phenoxy) is 3. The van der Waals surface area contributed by atoms with E-state index in [2.05, 4.69) is 43.5 Å². The molecule has 0 spiro atoms. The van der Waals surface area contributed by atoms with Gasteiger partial charge in [-0.15, -0.1) is 0 Å². The Balaban J connectivity index is 2.18. The molecular weight excluding hydrogens is 703 g/mol. The lowest BCUT2D eigenvalue weighted by Gasteiger charge is -2.19. The van der Waals surface area contributed by atoms with Crippen LogP contribution >= 0.6 is 0 Å². The zero-order valence-electron chi connectivity index (χ0n) is 36.3. The lowest BCUT2D eigenvalue weighted by atomic mass is 10.1. The molecule has 0 aromatic carbocycles. The molecule has 1 aliphatic heterocycles. The van der Waals surface area contributed by atoms with Crippen LogP contribution in [-0.4, -0.2) is 49.2 Å². The molecule has 1 amide bonds. The average molecular weight is 788 g/mol. The molecule has 1 fully saturated rings. The summed E-state index contributed by atoms with van der Waals surface area (Å²) in [6.07, 6.45) is 46.2. The SMILES string of the molecule is CCCCCCCCCCC=CCCCCCCCC(=O)OCC(COC(=O)C1CCC(=O)N1)OC(=O)CCCCCCCC=CCCCCCCCCCC. The van der Waals surface area contributed by atoms with Crippen LogP contribution in [0.5, 0.6) is 0 Å². The summed E-state index contributed by atoms with van der Waals surface area (Å²) >= 11 is 0. The van der Waals surface area contributed by atoms with Crippen molar-refractivity contribution in [3.8, 4) is 0 Å². The Labute approximate surface area is 343 Å². The molecule has 324 valence electrons. The Morgan fingerprint density at radius 3 is 1.32 bits per heavy atom. The van der Waals surface area contributed by atoms with E-state index in [1.54, 1.807) is 0 Å². The first-order valence-corrected chi connectivity index (χ1v) is 23.6. The standard InChI is InChI=1S/C48H85NO7/c1-3-5-7-9-11-13-15-17-19-21-23-25-27-29-31-33-35-37-46(51)54-41-43(42-55-48(53)44-39-40-45(50)49-44)56-47(52)38-36-34-32-30-28-26-24-22-20-18-16-14-12-10-8-6-4-2/h21-24,43-44H,3-20,25-42H2,1-2H3,(H,49,50). The summed E-state index contributed by atoms with van der Waals surface area (Å²) in [4.78, 5) is 49.1. The van der Waals surface area contributed by atoms with Crippen molar-refractivity contribution in [2.75, 3.05) is 13.2 Å². The van der Waals surface area contributed by atoms with Gasteiger partial charge in [0.25, 0.3) is 0 Å². The van der Waals surface area contributed by atoms with E-state index in [1.807, 2.05) is 0 Å². The number of esters is 3. The lowest BCUT2D eigenvalue weighted by molar-refractivity contribution is -0.167. The molecule has 56 heavy (non-hydrogen) atoms. The van der Waals surface area contributed by atoms with Crippen molar-refractivity contribution in [3.63, 3.8) is 0 Å². The third-order valence-corrected chi connectivity index (χ3v) is 10.7. The quantitative estimate of drug-likeness (QED) is 0.0285. The Hall–Kier alpha value is -2.64. The van der Waals surface area contributed by atoms with Crippen molar-refractivity contribution in [2.24, 2.45) is 0 Å². The average Bonchev–Trinajstić information content (AvgIpc) is 3.64. The topological polar surface area (TPSA) is 108 Å². The Kier molecular flexibility index (Phi) is 36.0. The van der Waals surface area contributed by atoms with Crippen molar-refractivity contribution < 1.29 is 33.4 Å². The van der Waals surface area contributed by atoms with Crippen LogP contribution in [0.1, 0.15) is 232 Å². The van der Waals surface area contributed by atoms with Crippen LogP contribution in [0.2, 0.25) is 0 Å². The van der Waals surface area contributed by atoms with E-state index in [-0.39, 0.29) is 43.9 Å². The third kappa shape index (κ3) is 33.5. The number of amides is 1. The molecule has 1 saturated heterocycles. The highest BCUT2D eigenvalue weighted by Gasteiger charge is 2.29. The minimum atomic E-state index is -0.881. The van der Waals surface area contributed by atoms with Crippen LogP contribution in [0.4, 0.5) is 0 Å².